The first-order chi connectivity index (χ1) is 12.5. The third kappa shape index (κ3) is 9.19. The van der Waals surface area contributed by atoms with Crippen LogP contribution in [0.2, 0.25) is 0 Å². The van der Waals surface area contributed by atoms with Gasteiger partial charge in [0.1, 0.15) is 0 Å². The number of unbranched alkanes of at least 4 members (excludes halogenated alkanes) is 1. The van der Waals surface area contributed by atoms with Gasteiger partial charge < -0.3 is 24.4 Å². The minimum atomic E-state index is -0.202. The Labute approximate surface area is 159 Å². The van der Waals surface area contributed by atoms with E-state index in [0.717, 1.165) is 64.8 Å². The molecule has 0 saturated heterocycles. The van der Waals surface area contributed by atoms with Crippen LogP contribution in [-0.4, -0.2) is 79.6 Å². The Morgan fingerprint density at radius 3 is 2.42 bits per heavy atom. The van der Waals surface area contributed by atoms with E-state index in [1.165, 1.54) is 0 Å². The minimum Gasteiger partial charge on any atom is -0.449 e. The van der Waals surface area contributed by atoms with Crippen molar-refractivity contribution in [3.8, 4) is 0 Å². The van der Waals surface area contributed by atoms with E-state index in [1.807, 2.05) is 20.9 Å². The molecule has 0 bridgehead atoms. The highest BCUT2D eigenvalue weighted by molar-refractivity contribution is 5.67. The zero-order chi connectivity index (χ0) is 19.4. The van der Waals surface area contributed by atoms with Crippen LogP contribution in [0.1, 0.15) is 59.3 Å². The zero-order valence-electron chi connectivity index (χ0n) is 17.3. The number of amides is 1. The number of carbonyl (C=O) groups is 1. The fourth-order valence-corrected chi connectivity index (χ4v) is 3.34. The zero-order valence-corrected chi connectivity index (χ0v) is 17.3. The Morgan fingerprint density at radius 1 is 1.15 bits per heavy atom. The molecule has 0 aromatic carbocycles. The number of nitrogens with zero attached hydrogens (tertiary/aromatic N) is 2. The van der Waals surface area contributed by atoms with E-state index in [0.29, 0.717) is 18.6 Å². The molecule has 0 atom stereocenters. The van der Waals surface area contributed by atoms with Crippen LogP contribution >= 0.6 is 0 Å². The molecule has 1 saturated carbocycles. The van der Waals surface area contributed by atoms with Gasteiger partial charge in [-0.05, 0) is 57.5 Å². The van der Waals surface area contributed by atoms with Gasteiger partial charge in [0, 0.05) is 26.2 Å². The molecule has 0 heterocycles. The highest BCUT2D eigenvalue weighted by Gasteiger charge is 2.27. The molecular weight excluding hydrogens is 332 g/mol. The summed E-state index contributed by atoms with van der Waals surface area (Å²) in [7, 11) is 1.85. The lowest BCUT2D eigenvalue weighted by atomic mass is 9.92. The van der Waals surface area contributed by atoms with Crippen molar-refractivity contribution in [2.24, 2.45) is 5.92 Å². The smallest absolute Gasteiger partial charge is 0.409 e. The van der Waals surface area contributed by atoms with E-state index in [1.54, 1.807) is 4.90 Å². The Bertz CT molecular complexity index is 371. The van der Waals surface area contributed by atoms with Gasteiger partial charge in [0.05, 0.1) is 19.3 Å². The van der Waals surface area contributed by atoms with E-state index >= 15 is 0 Å². The predicted octanol–water partition coefficient (Wildman–Crippen LogP) is 3.13. The molecule has 154 valence electrons. The monoisotopic (exact) mass is 372 g/mol. The maximum atomic E-state index is 12.1. The average Bonchev–Trinajstić information content (AvgIpc) is 2.64. The van der Waals surface area contributed by atoms with Crippen LogP contribution < -0.4 is 0 Å². The number of ether oxygens (including phenoxy) is 2. The van der Waals surface area contributed by atoms with E-state index < -0.39 is 0 Å². The summed E-state index contributed by atoms with van der Waals surface area (Å²) in [6.07, 6.45) is 6.28. The van der Waals surface area contributed by atoms with E-state index in [-0.39, 0.29) is 18.7 Å². The van der Waals surface area contributed by atoms with E-state index in [2.05, 4.69) is 11.8 Å². The molecule has 1 fully saturated rings. The fraction of sp³-hybridized carbons (Fsp3) is 0.950. The summed E-state index contributed by atoms with van der Waals surface area (Å²) in [6, 6.07) is 0.270. The lowest BCUT2D eigenvalue weighted by Gasteiger charge is -2.34. The first-order valence-electron chi connectivity index (χ1n) is 10.3. The molecule has 0 aliphatic heterocycles. The van der Waals surface area contributed by atoms with Gasteiger partial charge in [-0.3, -0.25) is 0 Å². The van der Waals surface area contributed by atoms with Crippen molar-refractivity contribution >= 4 is 6.09 Å². The first kappa shape index (κ1) is 23.2. The Kier molecular flexibility index (Phi) is 11.9. The molecular formula is C20H40N2O4. The number of rotatable bonds is 12. The summed E-state index contributed by atoms with van der Waals surface area (Å²) in [5, 5.41) is 8.99. The Balaban J connectivity index is 2.13. The molecule has 0 aromatic heterocycles. The van der Waals surface area contributed by atoms with Crippen molar-refractivity contribution in [1.29, 1.82) is 0 Å². The van der Waals surface area contributed by atoms with Gasteiger partial charge >= 0.3 is 6.09 Å². The van der Waals surface area contributed by atoms with Crippen molar-refractivity contribution in [3.05, 3.63) is 0 Å². The van der Waals surface area contributed by atoms with Gasteiger partial charge in [0.25, 0.3) is 0 Å². The van der Waals surface area contributed by atoms with Crippen molar-refractivity contribution in [3.63, 3.8) is 0 Å². The van der Waals surface area contributed by atoms with Crippen molar-refractivity contribution in [1.82, 2.24) is 9.80 Å². The lowest BCUT2D eigenvalue weighted by Crippen LogP contribution is -2.41. The number of likely N-dealkylation sites (N-methyl/N-ethyl adjacent to an activating group) is 1. The molecule has 6 heteroatoms. The normalized spacial score (nSPS) is 20.6. The highest BCUT2D eigenvalue weighted by Crippen LogP contribution is 2.25. The number of hydrogen-bond acceptors (Lipinski definition) is 5. The van der Waals surface area contributed by atoms with Gasteiger partial charge in [-0.25, -0.2) is 4.79 Å². The largest absolute Gasteiger partial charge is 0.449 e. The molecule has 0 spiro atoms. The van der Waals surface area contributed by atoms with E-state index in [4.69, 9.17) is 14.6 Å². The summed E-state index contributed by atoms with van der Waals surface area (Å²) >= 11 is 0. The third-order valence-electron chi connectivity index (χ3n) is 5.11. The molecule has 0 unspecified atom stereocenters. The SMILES string of the molecule is CCN(CCO)CCCCOC1CCC(N(C)C(=O)OCC(C)C)CC1. The molecule has 1 amide bonds. The highest BCUT2D eigenvalue weighted by atomic mass is 16.6. The van der Waals surface area contributed by atoms with Crippen molar-refractivity contribution < 1.29 is 19.4 Å². The molecule has 0 aromatic rings. The van der Waals surface area contributed by atoms with Crippen molar-refractivity contribution in [2.45, 2.75) is 71.4 Å². The molecule has 1 aliphatic carbocycles. The Hall–Kier alpha value is -0.850. The number of carbonyl (C=O) groups excluding carboxylic acids is 1. The van der Waals surface area contributed by atoms with Gasteiger partial charge in [0.15, 0.2) is 0 Å². The van der Waals surface area contributed by atoms with Crippen LogP contribution in [0.25, 0.3) is 0 Å². The van der Waals surface area contributed by atoms with Crippen LogP contribution in [0, 0.1) is 5.92 Å². The quantitative estimate of drug-likeness (QED) is 0.533. The summed E-state index contributed by atoms with van der Waals surface area (Å²) < 4.78 is 11.3. The second kappa shape index (κ2) is 13.3. The van der Waals surface area contributed by atoms with Crippen molar-refractivity contribution in [2.75, 3.05) is 46.5 Å². The topological polar surface area (TPSA) is 62.2 Å². The van der Waals surface area contributed by atoms with Crippen LogP contribution in [0.15, 0.2) is 0 Å². The van der Waals surface area contributed by atoms with Gasteiger partial charge in [-0.1, -0.05) is 20.8 Å². The third-order valence-corrected chi connectivity index (χ3v) is 5.11. The number of hydrogen-bond donors (Lipinski definition) is 1. The Morgan fingerprint density at radius 2 is 1.85 bits per heavy atom. The van der Waals surface area contributed by atoms with Gasteiger partial charge in [0.2, 0.25) is 0 Å². The van der Waals surface area contributed by atoms with Crippen LogP contribution in [0.5, 0.6) is 0 Å². The van der Waals surface area contributed by atoms with Crippen LogP contribution in [-0.2, 0) is 9.47 Å². The van der Waals surface area contributed by atoms with Crippen LogP contribution in [0.4, 0.5) is 4.79 Å². The minimum absolute atomic E-state index is 0.202. The van der Waals surface area contributed by atoms with Gasteiger partial charge in [-0.2, -0.15) is 0 Å². The fourth-order valence-electron chi connectivity index (χ4n) is 3.34. The molecule has 6 nitrogen and oxygen atoms in total. The molecule has 1 rings (SSSR count). The average molecular weight is 373 g/mol. The summed E-state index contributed by atoms with van der Waals surface area (Å²) in [5.41, 5.74) is 0. The number of aliphatic hydroxyl groups is 1. The standard InChI is InChI=1S/C20H40N2O4/c1-5-22(13-14-23)12-6-7-15-25-19-10-8-18(9-11-19)21(4)20(24)26-16-17(2)3/h17-19,23H,5-16H2,1-4H3. The maximum Gasteiger partial charge on any atom is 0.409 e. The summed E-state index contributed by atoms with van der Waals surface area (Å²) in [6.45, 7) is 10.5. The number of aliphatic hydroxyl groups excluding tert-OH is 1. The molecule has 1 N–H and O–H groups in total. The predicted molar refractivity (Wildman–Crippen MR) is 104 cm³/mol. The first-order valence-corrected chi connectivity index (χ1v) is 10.3. The van der Waals surface area contributed by atoms with E-state index in [9.17, 15) is 4.79 Å². The second-order valence-corrected chi connectivity index (χ2v) is 7.75. The van der Waals surface area contributed by atoms with Crippen LogP contribution in [0.3, 0.4) is 0 Å². The second-order valence-electron chi connectivity index (χ2n) is 7.75. The van der Waals surface area contributed by atoms with Gasteiger partial charge in [-0.15, -0.1) is 0 Å². The molecule has 1 aliphatic rings. The lowest BCUT2D eigenvalue weighted by molar-refractivity contribution is 0.00629. The summed E-state index contributed by atoms with van der Waals surface area (Å²) in [5.74, 6) is 0.365. The maximum absolute atomic E-state index is 12.1. The summed E-state index contributed by atoms with van der Waals surface area (Å²) in [4.78, 5) is 16.1. The molecule has 26 heavy (non-hydrogen) atoms. The molecule has 0 radical (unpaired) electrons.